The van der Waals surface area contributed by atoms with Gasteiger partial charge in [0.1, 0.15) is 0 Å². The van der Waals surface area contributed by atoms with E-state index in [0.29, 0.717) is 3.80 Å². The second-order valence-corrected chi connectivity index (χ2v) is 52.2. The van der Waals surface area contributed by atoms with Crippen molar-refractivity contribution in [2.45, 2.75) is 0 Å². The maximum atomic E-state index is 4.77. The lowest BCUT2D eigenvalue weighted by Crippen LogP contribution is -1.44. The van der Waals surface area contributed by atoms with Gasteiger partial charge in [-0.15, -0.1) is 0 Å². The van der Waals surface area contributed by atoms with Crippen LogP contribution in [0.1, 0.15) is 0 Å². The highest BCUT2D eigenvalue weighted by Gasteiger charge is 1.64. The Bertz CT molecular complexity index is 1270. The van der Waals surface area contributed by atoms with Crippen LogP contribution in [-0.2, 0) is 193 Å². The molecule has 146 valence electrons. The van der Waals surface area contributed by atoms with Gasteiger partial charge in [0.15, 0.2) is 0 Å². The van der Waals surface area contributed by atoms with Crippen LogP contribution >= 0.6 is 42.4 Å². The molecule has 0 spiro atoms. The zero-order valence-electron chi connectivity index (χ0n) is 9.74. The minimum atomic E-state index is 0.403. The molecule has 0 rings (SSSR count). The topological polar surface area (TPSA) is 0 Å². The van der Waals surface area contributed by atoms with E-state index in [2.05, 4.69) is 42.4 Å². The average molecular weight is 959 g/mol. The highest BCUT2D eigenvalue weighted by Crippen LogP contribution is 2.03. The van der Waals surface area contributed by atoms with Crippen LogP contribution < -0.4 is 0 Å². The first-order chi connectivity index (χ1) is 11.8. The standard InChI is InChI=1S/I2S22/c1-24(2)23-22-21-20-19-18-17-16-15-14-13-12-11-10-9-8-7-6-5-4-3. The molecule has 0 amide bonds. The van der Waals surface area contributed by atoms with E-state index in [1.54, 1.807) is 53.3 Å². The third-order valence-corrected chi connectivity index (χ3v) is 52.1. The van der Waals surface area contributed by atoms with Crippen molar-refractivity contribution in [3.05, 3.63) is 0 Å². The van der Waals surface area contributed by atoms with Gasteiger partial charge >= 0.3 is 0 Å². The van der Waals surface area contributed by atoms with Gasteiger partial charge in [0.05, 0.1) is 0 Å². The van der Waals surface area contributed by atoms with Crippen LogP contribution in [0.25, 0.3) is 0 Å². The molecule has 0 unspecified atom stereocenters. The molecule has 0 aliphatic carbocycles. The van der Waals surface area contributed by atoms with Crippen molar-refractivity contribution < 1.29 is 0 Å². The van der Waals surface area contributed by atoms with Crippen LogP contribution in [0.3, 0.4) is 0 Å². The van der Waals surface area contributed by atoms with Gasteiger partial charge in [-0.3, -0.25) is 0 Å². The first-order valence-electron chi connectivity index (χ1n) is 3.81. The fourth-order valence-electron chi connectivity index (χ4n) is 0.225. The molecule has 0 saturated carbocycles. The van der Waals surface area contributed by atoms with Gasteiger partial charge in [-0.05, 0) is 79.9 Å². The Hall–Kier alpha value is 6.43. The Balaban J connectivity index is 5.83. The first kappa shape index (κ1) is 30.4. The van der Waals surface area contributed by atoms with Gasteiger partial charge < -0.3 is 0 Å². The minimum absolute atomic E-state index is 0.403. The lowest BCUT2D eigenvalue weighted by Gasteiger charge is -1.63. The van der Waals surface area contributed by atoms with Crippen molar-refractivity contribution in [2.75, 3.05) is 0 Å². The number of hydrogen-bond donors (Lipinski definition) is 0. The molecule has 24 heteroatoms. The molecule has 0 aliphatic heterocycles. The molecule has 0 aromatic carbocycles. The molecule has 0 radical (unpaired) electrons. The molecule has 0 nitrogen and oxygen atoms in total. The van der Waals surface area contributed by atoms with Crippen LogP contribution in [0.4, 0.5) is 0 Å². The van der Waals surface area contributed by atoms with Crippen LogP contribution in [0.2, 0.25) is 0 Å². The molecule has 24 heavy (non-hydrogen) atoms. The van der Waals surface area contributed by atoms with E-state index in [4.69, 9.17) is 11.2 Å². The smallest absolute Gasteiger partial charge is 0.0122 e. The van der Waals surface area contributed by atoms with Crippen LogP contribution in [0.15, 0.2) is 0 Å². The summed E-state index contributed by atoms with van der Waals surface area (Å²) in [5.41, 5.74) is 0. The second-order valence-electron chi connectivity index (χ2n) is 1.55. The molecule has 0 heterocycles. The molecule has 0 N–H and O–H groups in total. The number of halogens is 2. The molecule has 0 aromatic rings. The summed E-state index contributed by atoms with van der Waals surface area (Å²) in [4.78, 5) is 0. The Morgan fingerprint density at radius 2 is 0.667 bits per heavy atom. The molecule has 0 saturated heterocycles. The Kier molecular flexibility index (Phi) is 34.8. The molecular formula is I2S22. The van der Waals surface area contributed by atoms with Gasteiger partial charge in [-0.1, -0.05) is 0 Å². The summed E-state index contributed by atoms with van der Waals surface area (Å²) in [5, 5.41) is 0. The van der Waals surface area contributed by atoms with Crippen molar-refractivity contribution in [3.63, 3.8) is 0 Å². The van der Waals surface area contributed by atoms with Crippen LogP contribution in [0, 0.1) is 0 Å². The Labute approximate surface area is 228 Å². The highest BCUT2D eigenvalue weighted by atomic mass is 127. The van der Waals surface area contributed by atoms with E-state index < -0.39 is 0 Å². The van der Waals surface area contributed by atoms with E-state index in [1.165, 1.54) is 8.88 Å². The zero-order valence-corrected chi connectivity index (χ0v) is 32.0. The van der Waals surface area contributed by atoms with Crippen molar-refractivity contribution >= 4 is 235 Å². The summed E-state index contributed by atoms with van der Waals surface area (Å²) in [6, 6.07) is 0. The van der Waals surface area contributed by atoms with E-state index in [0.717, 1.165) is 0 Å². The van der Waals surface area contributed by atoms with E-state index >= 15 is 0 Å². The van der Waals surface area contributed by atoms with Crippen molar-refractivity contribution in [2.24, 2.45) is 0 Å². The van der Waals surface area contributed by atoms with Gasteiger partial charge in [-0.2, -0.15) is 0 Å². The fourth-order valence-corrected chi connectivity index (χ4v) is 61.0. The molecule has 0 bridgehead atoms. The van der Waals surface area contributed by atoms with Crippen LogP contribution in [-0.4, -0.2) is 0 Å². The second kappa shape index (κ2) is 27.5. The maximum absolute atomic E-state index is 4.77. The highest BCUT2D eigenvalue weighted by molar-refractivity contribution is 14.3. The third kappa shape index (κ3) is 28.4. The predicted octanol–water partition coefficient (Wildman–Crippen LogP) is 1.72. The maximum Gasteiger partial charge on any atom is 0.0122 e. The summed E-state index contributed by atoms with van der Waals surface area (Å²) in [6.07, 6.45) is 0. The van der Waals surface area contributed by atoms with Gasteiger partial charge in [-0.25, -0.2) is 0 Å². The molecule has 0 atom stereocenters. The van der Waals surface area contributed by atoms with Gasteiger partial charge in [0.25, 0.3) is 0 Å². The zero-order chi connectivity index (χ0) is 17.7. The Morgan fingerprint density at radius 3 is 0.917 bits per heavy atom. The quantitative estimate of drug-likeness (QED) is 0.264. The SMILES string of the molecule is S=S=S=S=S=S=S=S=S=S=S=S=S=S=S=S=S=S=S=S=S=S(I)I. The third-order valence-electron chi connectivity index (χ3n) is 0.579. The van der Waals surface area contributed by atoms with Crippen molar-refractivity contribution in [3.8, 4) is 0 Å². The molecular weight excluding hydrogens is 959 g/mol. The summed E-state index contributed by atoms with van der Waals surface area (Å²) < 4.78 is 0.403. The van der Waals surface area contributed by atoms with Gasteiger partial charge in [0, 0.05) is 155 Å². The molecule has 0 aliphatic rings. The van der Waals surface area contributed by atoms with E-state index in [1.807, 2.05) is 115 Å². The normalized spacial score (nSPS) is 8.12. The molecule has 0 fully saturated rings. The van der Waals surface area contributed by atoms with Gasteiger partial charge in [0.2, 0.25) is 0 Å². The molecule has 0 aromatic heterocycles. The van der Waals surface area contributed by atoms with E-state index in [-0.39, 0.29) is 0 Å². The van der Waals surface area contributed by atoms with Crippen molar-refractivity contribution in [1.29, 1.82) is 0 Å². The average Bonchev–Trinajstić information content (AvgIpc) is 2.56. The minimum Gasteiger partial charge on any atom is -0.0257 e. The monoisotopic (exact) mass is 957 g/mol. The van der Waals surface area contributed by atoms with E-state index in [9.17, 15) is 0 Å². The number of hydrogen-bond acceptors (Lipinski definition) is 1. The Morgan fingerprint density at radius 1 is 0.417 bits per heavy atom. The lowest BCUT2D eigenvalue weighted by molar-refractivity contribution is 5.96. The summed E-state index contributed by atoms with van der Waals surface area (Å²) in [5.74, 6) is 0. The fraction of sp³-hybridized carbons (Fsp3) is 0. The summed E-state index contributed by atoms with van der Waals surface area (Å²) in [6.45, 7) is 0. The lowest BCUT2D eigenvalue weighted by atomic mass is 30.7. The van der Waals surface area contributed by atoms with Crippen molar-refractivity contribution in [1.82, 2.24) is 0 Å². The largest absolute Gasteiger partial charge is 0.0257 e. The summed E-state index contributed by atoms with van der Waals surface area (Å²) >= 11 is 9.66. The summed E-state index contributed by atoms with van der Waals surface area (Å²) in [7, 11) is 35.7. The predicted molar refractivity (Wildman–Crippen MR) is 190 cm³/mol. The first-order valence-corrected chi connectivity index (χ1v) is 37.7. The van der Waals surface area contributed by atoms with Crippen LogP contribution in [0.5, 0.6) is 0 Å². The number of rotatable bonds is 0.